The number of amides is 1. The molecule has 2 aromatic carbocycles. The van der Waals surface area contributed by atoms with Crippen LogP contribution in [0.5, 0.6) is 17.2 Å². The second-order valence-corrected chi connectivity index (χ2v) is 8.42. The average Bonchev–Trinajstić information content (AvgIpc) is 3.13. The fourth-order valence-electron chi connectivity index (χ4n) is 3.06. The summed E-state index contributed by atoms with van der Waals surface area (Å²) in [5.41, 5.74) is 1.17. The maximum Gasteiger partial charge on any atom is 0.242 e. The number of carbonyl (C=O) groups excluding carboxylic acids is 1. The maximum absolute atomic E-state index is 12.8. The third-order valence-electron chi connectivity index (χ3n) is 4.45. The van der Waals surface area contributed by atoms with Crippen molar-refractivity contribution >= 4 is 33.2 Å². The average molecular weight is 425 g/mol. The highest BCUT2D eigenvalue weighted by Crippen LogP contribution is 2.38. The second-order valence-electron chi connectivity index (χ2n) is 6.28. The van der Waals surface area contributed by atoms with Gasteiger partial charge in [-0.05, 0) is 23.8 Å². The highest BCUT2D eigenvalue weighted by molar-refractivity contribution is 7.89. The fourth-order valence-corrected chi connectivity index (χ4v) is 4.61. The largest absolute Gasteiger partial charge is 0.489 e. The molecule has 2 aromatic rings. The van der Waals surface area contributed by atoms with Crippen molar-refractivity contribution < 1.29 is 27.4 Å². The summed E-state index contributed by atoms with van der Waals surface area (Å²) in [5.74, 6) is 1.32. The van der Waals surface area contributed by atoms with Crippen LogP contribution in [0.3, 0.4) is 0 Å². The molecule has 8 nitrogen and oxygen atoms in total. The number of hydrogen-bond acceptors (Lipinski definition) is 6. The number of halogens is 1. The van der Waals surface area contributed by atoms with E-state index >= 15 is 0 Å². The molecule has 148 valence electrons. The van der Waals surface area contributed by atoms with Gasteiger partial charge >= 0.3 is 0 Å². The summed E-state index contributed by atoms with van der Waals surface area (Å²) in [6.45, 7) is 2.28. The van der Waals surface area contributed by atoms with Crippen LogP contribution in [0.1, 0.15) is 12.5 Å². The molecule has 0 atom stereocenters. The van der Waals surface area contributed by atoms with Crippen LogP contribution < -0.4 is 23.8 Å². The summed E-state index contributed by atoms with van der Waals surface area (Å²) in [4.78, 5) is 13.2. The zero-order valence-corrected chi connectivity index (χ0v) is 16.5. The first-order chi connectivity index (χ1) is 13.3. The molecule has 2 heterocycles. The lowest BCUT2D eigenvalue weighted by Crippen LogP contribution is -2.36. The van der Waals surface area contributed by atoms with Crippen LogP contribution >= 0.6 is 11.6 Å². The van der Waals surface area contributed by atoms with Crippen molar-refractivity contribution in [1.29, 1.82) is 0 Å². The number of carbonyl (C=O) groups is 1. The van der Waals surface area contributed by atoms with Crippen molar-refractivity contribution in [2.24, 2.45) is 0 Å². The summed E-state index contributed by atoms with van der Waals surface area (Å²) >= 11 is 6.22. The molecule has 0 aliphatic carbocycles. The van der Waals surface area contributed by atoms with Gasteiger partial charge in [0.2, 0.25) is 22.7 Å². The minimum absolute atomic E-state index is 0.00804. The van der Waals surface area contributed by atoms with Crippen molar-refractivity contribution in [3.63, 3.8) is 0 Å². The van der Waals surface area contributed by atoms with Crippen LogP contribution in [0, 0.1) is 0 Å². The first-order valence-corrected chi connectivity index (χ1v) is 10.3. The Balaban J connectivity index is 1.58. The van der Waals surface area contributed by atoms with E-state index < -0.39 is 10.0 Å². The van der Waals surface area contributed by atoms with Crippen molar-refractivity contribution in [1.82, 2.24) is 4.72 Å². The first-order valence-electron chi connectivity index (χ1n) is 8.48. The Hall–Kier alpha value is -2.49. The summed E-state index contributed by atoms with van der Waals surface area (Å²) in [6, 6.07) is 7.97. The van der Waals surface area contributed by atoms with Gasteiger partial charge in [-0.3, -0.25) is 4.79 Å². The monoisotopic (exact) mass is 424 g/mol. The smallest absolute Gasteiger partial charge is 0.242 e. The molecule has 2 aliphatic heterocycles. The number of sulfonamides is 1. The molecule has 0 fully saturated rings. The Morgan fingerprint density at radius 2 is 1.93 bits per heavy atom. The van der Waals surface area contributed by atoms with Crippen LogP contribution in [0.25, 0.3) is 0 Å². The van der Waals surface area contributed by atoms with E-state index in [2.05, 4.69) is 4.72 Å². The molecule has 0 saturated heterocycles. The number of hydrogen-bond donors (Lipinski definition) is 1. The summed E-state index contributed by atoms with van der Waals surface area (Å²) in [7, 11) is -3.91. The molecular formula is C18H17ClN2O6S. The van der Waals surface area contributed by atoms with Crippen LogP contribution in [-0.2, 0) is 21.4 Å². The Kier molecular flexibility index (Phi) is 4.82. The molecule has 0 aromatic heterocycles. The quantitative estimate of drug-likeness (QED) is 0.809. The minimum atomic E-state index is -3.91. The lowest BCUT2D eigenvalue weighted by molar-refractivity contribution is -0.116. The topological polar surface area (TPSA) is 94.2 Å². The number of nitrogens with one attached hydrogen (secondary N) is 1. The fraction of sp³-hybridized carbons (Fsp3) is 0.278. The summed E-state index contributed by atoms with van der Waals surface area (Å²) < 4.78 is 44.1. The Bertz CT molecular complexity index is 1060. The number of nitrogens with zero attached hydrogens (tertiary/aromatic N) is 1. The maximum atomic E-state index is 12.8. The molecule has 1 N–H and O–H groups in total. The number of benzene rings is 2. The molecule has 0 unspecified atom stereocenters. The van der Waals surface area contributed by atoms with E-state index in [0.717, 1.165) is 0 Å². The van der Waals surface area contributed by atoms with Crippen LogP contribution in [0.2, 0.25) is 5.02 Å². The van der Waals surface area contributed by atoms with E-state index in [9.17, 15) is 13.2 Å². The molecule has 0 spiro atoms. The molecule has 0 bridgehead atoms. The van der Waals surface area contributed by atoms with Crippen LogP contribution in [0.15, 0.2) is 35.2 Å². The predicted molar refractivity (Wildman–Crippen MR) is 102 cm³/mol. The van der Waals surface area contributed by atoms with Crippen molar-refractivity contribution in [3.8, 4) is 17.2 Å². The first kappa shape index (κ1) is 18.9. The third kappa shape index (κ3) is 3.48. The van der Waals surface area contributed by atoms with Gasteiger partial charge in [-0.1, -0.05) is 17.7 Å². The molecule has 10 heteroatoms. The molecule has 1 amide bonds. The van der Waals surface area contributed by atoms with Gasteiger partial charge in [0.15, 0.2) is 11.5 Å². The molecule has 2 aliphatic rings. The van der Waals surface area contributed by atoms with E-state index in [4.69, 9.17) is 25.8 Å². The molecular weight excluding hydrogens is 408 g/mol. The Morgan fingerprint density at radius 1 is 1.14 bits per heavy atom. The Labute approximate surface area is 167 Å². The Morgan fingerprint density at radius 3 is 2.71 bits per heavy atom. The van der Waals surface area contributed by atoms with Crippen molar-refractivity contribution in [3.05, 3.63) is 40.9 Å². The molecule has 0 radical (unpaired) electrons. The lowest BCUT2D eigenvalue weighted by atomic mass is 10.2. The van der Waals surface area contributed by atoms with Gasteiger partial charge in [-0.15, -0.1) is 0 Å². The zero-order chi connectivity index (χ0) is 19.9. The molecule has 0 saturated carbocycles. The van der Waals surface area contributed by atoms with E-state index in [0.29, 0.717) is 35.0 Å². The van der Waals surface area contributed by atoms with Crippen molar-refractivity contribution in [2.75, 3.05) is 24.8 Å². The lowest BCUT2D eigenvalue weighted by Gasteiger charge is -2.29. The van der Waals surface area contributed by atoms with Gasteiger partial charge in [-0.2, -0.15) is 0 Å². The van der Waals surface area contributed by atoms with Gasteiger partial charge in [0.25, 0.3) is 0 Å². The van der Waals surface area contributed by atoms with Crippen molar-refractivity contribution in [2.45, 2.75) is 18.4 Å². The van der Waals surface area contributed by atoms with E-state index in [1.807, 2.05) is 0 Å². The number of anilines is 1. The highest BCUT2D eigenvalue weighted by Gasteiger charge is 2.27. The van der Waals surface area contributed by atoms with Crippen LogP contribution in [-0.4, -0.2) is 34.3 Å². The van der Waals surface area contributed by atoms with Gasteiger partial charge in [-0.25, -0.2) is 13.1 Å². The van der Waals surface area contributed by atoms with E-state index in [1.165, 1.54) is 24.0 Å². The molecule has 28 heavy (non-hydrogen) atoms. The molecule has 4 rings (SSSR count). The highest BCUT2D eigenvalue weighted by atomic mass is 35.5. The number of ether oxygens (including phenoxy) is 3. The van der Waals surface area contributed by atoms with Gasteiger partial charge in [0.05, 0.1) is 17.3 Å². The normalized spacial score (nSPS) is 15.1. The summed E-state index contributed by atoms with van der Waals surface area (Å²) in [6.07, 6.45) is 0. The van der Waals surface area contributed by atoms with Gasteiger partial charge in [0.1, 0.15) is 17.3 Å². The summed E-state index contributed by atoms with van der Waals surface area (Å²) in [5, 5.41) is 0.00804. The predicted octanol–water partition coefficient (Wildman–Crippen LogP) is 2.29. The SMILES string of the molecule is CC(=O)N1CCOc2cc(S(=O)(=O)NCc3ccc4c(c3)OCO4)c(Cl)cc21. The number of rotatable bonds is 4. The van der Waals surface area contributed by atoms with E-state index in [-0.39, 0.29) is 35.8 Å². The minimum Gasteiger partial charge on any atom is -0.489 e. The third-order valence-corrected chi connectivity index (χ3v) is 6.32. The van der Waals surface area contributed by atoms with E-state index in [1.54, 1.807) is 18.2 Å². The second kappa shape index (κ2) is 7.16. The zero-order valence-electron chi connectivity index (χ0n) is 14.9. The van der Waals surface area contributed by atoms with Crippen LogP contribution in [0.4, 0.5) is 5.69 Å². The van der Waals surface area contributed by atoms with Gasteiger partial charge in [0, 0.05) is 19.5 Å². The number of fused-ring (bicyclic) bond motifs is 2. The standard InChI is InChI=1S/C18H17ClN2O6S/c1-11(22)21-4-5-25-16-8-18(13(19)7-14(16)21)28(23,24)20-9-12-2-3-15-17(6-12)27-10-26-15/h2-3,6-8,20H,4-5,9-10H2,1H3. The van der Waals surface area contributed by atoms with Gasteiger partial charge < -0.3 is 19.1 Å².